The Kier molecular flexibility index (Phi) is 14.2. The van der Waals surface area contributed by atoms with Gasteiger partial charge in [-0.05, 0) is 54.2 Å². The van der Waals surface area contributed by atoms with E-state index < -0.39 is 0 Å². The standard InChI is InChI=1S/C20H20O4.C11H12O2.CH4/c1-15(21)23-19-13-7-5-11-17(19)9-3-4-10-18-12-6-8-14-20(18)24-16(2)22;1-3-6-10-7-4-5-8-11(10)13-9(2)12;/h3-8,11-14H,9-10H2,1-2H3;3-5,7-8H,1,6H2,2H3;1H4. The van der Waals surface area contributed by atoms with Crippen LogP contribution in [0.1, 0.15) is 44.9 Å². The van der Waals surface area contributed by atoms with Gasteiger partial charge in [0.25, 0.3) is 0 Å². The lowest BCUT2D eigenvalue weighted by atomic mass is 10.1. The second-order valence-corrected chi connectivity index (χ2v) is 7.98. The highest BCUT2D eigenvalue weighted by molar-refractivity contribution is 5.70. The number of allylic oxidation sites excluding steroid dienone is 3. The van der Waals surface area contributed by atoms with E-state index in [9.17, 15) is 14.4 Å². The number of ether oxygens (including phenoxy) is 3. The Balaban J connectivity index is 0.000000438. The fraction of sp³-hybridized carbons (Fsp3) is 0.219. The first-order valence-electron chi connectivity index (χ1n) is 11.8. The number of esters is 3. The molecule has 200 valence electrons. The third-order valence-electron chi connectivity index (χ3n) is 4.89. The van der Waals surface area contributed by atoms with E-state index >= 15 is 0 Å². The molecule has 0 aliphatic carbocycles. The number of rotatable bonds is 9. The molecule has 0 aromatic heterocycles. The first-order chi connectivity index (χ1) is 17.8. The highest BCUT2D eigenvalue weighted by atomic mass is 16.5. The van der Waals surface area contributed by atoms with E-state index in [0.717, 1.165) is 16.7 Å². The van der Waals surface area contributed by atoms with Gasteiger partial charge in [-0.15, -0.1) is 6.58 Å². The van der Waals surface area contributed by atoms with Gasteiger partial charge in [-0.2, -0.15) is 0 Å². The molecule has 0 saturated carbocycles. The van der Waals surface area contributed by atoms with Crippen LogP contribution in [0.5, 0.6) is 17.2 Å². The van der Waals surface area contributed by atoms with Gasteiger partial charge in [0.05, 0.1) is 0 Å². The quantitative estimate of drug-likeness (QED) is 0.176. The summed E-state index contributed by atoms with van der Waals surface area (Å²) in [4.78, 5) is 33.0. The van der Waals surface area contributed by atoms with E-state index in [-0.39, 0.29) is 25.3 Å². The average Bonchev–Trinajstić information content (AvgIpc) is 2.84. The molecule has 3 aromatic rings. The SMILES string of the molecule is C.C=CCc1ccccc1OC(C)=O.CC(=O)Oc1ccccc1CC=CCc1ccccc1OC(C)=O. The normalized spacial score (nSPS) is 9.87. The van der Waals surface area contributed by atoms with Gasteiger partial charge >= 0.3 is 17.9 Å². The van der Waals surface area contributed by atoms with Gasteiger partial charge < -0.3 is 14.2 Å². The summed E-state index contributed by atoms with van der Waals surface area (Å²) >= 11 is 0. The minimum Gasteiger partial charge on any atom is -0.426 e. The summed E-state index contributed by atoms with van der Waals surface area (Å²) in [5.41, 5.74) is 2.86. The minimum atomic E-state index is -0.332. The van der Waals surface area contributed by atoms with Crippen LogP contribution < -0.4 is 14.2 Å². The maximum Gasteiger partial charge on any atom is 0.308 e. The van der Waals surface area contributed by atoms with Crippen LogP contribution >= 0.6 is 0 Å². The number of carbonyl (C=O) groups excluding carboxylic acids is 3. The van der Waals surface area contributed by atoms with Crippen molar-refractivity contribution < 1.29 is 28.6 Å². The van der Waals surface area contributed by atoms with Crippen molar-refractivity contribution in [2.24, 2.45) is 0 Å². The molecule has 0 atom stereocenters. The largest absolute Gasteiger partial charge is 0.426 e. The second-order valence-electron chi connectivity index (χ2n) is 7.98. The lowest BCUT2D eigenvalue weighted by Crippen LogP contribution is -2.04. The van der Waals surface area contributed by atoms with E-state index in [1.807, 2.05) is 66.7 Å². The summed E-state index contributed by atoms with van der Waals surface area (Å²) in [5, 5.41) is 0. The number of para-hydroxylation sites is 3. The zero-order valence-corrected chi connectivity index (χ0v) is 21.4. The molecule has 0 radical (unpaired) electrons. The monoisotopic (exact) mass is 516 g/mol. The molecule has 6 nitrogen and oxygen atoms in total. The van der Waals surface area contributed by atoms with Crippen LogP contribution in [0, 0.1) is 0 Å². The van der Waals surface area contributed by atoms with Crippen molar-refractivity contribution >= 4 is 17.9 Å². The van der Waals surface area contributed by atoms with E-state index in [4.69, 9.17) is 14.2 Å². The number of hydrogen-bond acceptors (Lipinski definition) is 6. The van der Waals surface area contributed by atoms with Gasteiger partial charge in [-0.25, -0.2) is 0 Å². The Morgan fingerprint density at radius 2 is 0.868 bits per heavy atom. The highest BCUT2D eigenvalue weighted by Crippen LogP contribution is 2.21. The molecule has 0 unspecified atom stereocenters. The van der Waals surface area contributed by atoms with Crippen LogP contribution in [0.15, 0.2) is 97.6 Å². The molecule has 0 aliphatic rings. The van der Waals surface area contributed by atoms with Crippen LogP contribution in [0.3, 0.4) is 0 Å². The highest BCUT2D eigenvalue weighted by Gasteiger charge is 2.06. The fourth-order valence-corrected chi connectivity index (χ4v) is 3.36. The maximum absolute atomic E-state index is 11.1. The lowest BCUT2D eigenvalue weighted by Gasteiger charge is -2.07. The summed E-state index contributed by atoms with van der Waals surface area (Å²) in [6.07, 6.45) is 7.81. The van der Waals surface area contributed by atoms with E-state index in [0.29, 0.717) is 36.5 Å². The van der Waals surface area contributed by atoms with Gasteiger partial charge in [0.2, 0.25) is 0 Å². The Bertz CT molecular complexity index is 1180. The van der Waals surface area contributed by atoms with Crippen LogP contribution in [0.4, 0.5) is 0 Å². The predicted molar refractivity (Wildman–Crippen MR) is 150 cm³/mol. The van der Waals surface area contributed by atoms with E-state index in [2.05, 4.69) is 6.58 Å². The van der Waals surface area contributed by atoms with Gasteiger partial charge in [-0.1, -0.05) is 80.3 Å². The molecular formula is C32H36O6. The molecule has 0 aliphatic heterocycles. The molecule has 0 saturated heterocycles. The van der Waals surface area contributed by atoms with Gasteiger partial charge in [0.15, 0.2) is 0 Å². The molecule has 0 bridgehead atoms. The summed E-state index contributed by atoms with van der Waals surface area (Å²) in [6, 6.07) is 22.3. The summed E-state index contributed by atoms with van der Waals surface area (Å²) < 4.78 is 15.4. The number of benzene rings is 3. The topological polar surface area (TPSA) is 78.9 Å². The van der Waals surface area contributed by atoms with Gasteiger partial charge in [-0.3, -0.25) is 14.4 Å². The third-order valence-corrected chi connectivity index (χ3v) is 4.89. The zero-order valence-electron chi connectivity index (χ0n) is 21.4. The molecule has 0 N–H and O–H groups in total. The Hall–Kier alpha value is -4.45. The molecule has 0 amide bonds. The van der Waals surface area contributed by atoms with E-state index in [1.165, 1.54) is 20.8 Å². The minimum absolute atomic E-state index is 0. The molecule has 0 heterocycles. The van der Waals surface area contributed by atoms with Crippen molar-refractivity contribution in [3.63, 3.8) is 0 Å². The molecular weight excluding hydrogens is 480 g/mol. The van der Waals surface area contributed by atoms with Crippen LogP contribution in [-0.4, -0.2) is 17.9 Å². The lowest BCUT2D eigenvalue weighted by molar-refractivity contribution is -0.132. The number of carbonyl (C=O) groups is 3. The zero-order chi connectivity index (χ0) is 27.0. The Labute approximate surface area is 225 Å². The van der Waals surface area contributed by atoms with Gasteiger partial charge in [0.1, 0.15) is 17.2 Å². The first kappa shape index (κ1) is 31.6. The summed E-state index contributed by atoms with van der Waals surface area (Å²) in [6.45, 7) is 7.80. The summed E-state index contributed by atoms with van der Waals surface area (Å²) in [5.74, 6) is 0.819. The average molecular weight is 517 g/mol. The number of hydrogen-bond donors (Lipinski definition) is 0. The van der Waals surface area contributed by atoms with Crippen LogP contribution in [-0.2, 0) is 33.6 Å². The van der Waals surface area contributed by atoms with Crippen molar-refractivity contribution in [3.05, 3.63) is 114 Å². The van der Waals surface area contributed by atoms with Crippen molar-refractivity contribution in [1.29, 1.82) is 0 Å². The van der Waals surface area contributed by atoms with Crippen LogP contribution in [0.2, 0.25) is 0 Å². The predicted octanol–water partition coefficient (Wildman–Crippen LogP) is 6.86. The molecule has 3 rings (SSSR count). The Morgan fingerprint density at radius 3 is 1.16 bits per heavy atom. The van der Waals surface area contributed by atoms with E-state index in [1.54, 1.807) is 24.3 Å². The maximum atomic E-state index is 11.1. The molecule has 6 heteroatoms. The summed E-state index contributed by atoms with van der Waals surface area (Å²) in [7, 11) is 0. The smallest absolute Gasteiger partial charge is 0.308 e. The van der Waals surface area contributed by atoms with Crippen molar-refractivity contribution in [2.45, 2.75) is 47.5 Å². The van der Waals surface area contributed by atoms with Gasteiger partial charge in [0, 0.05) is 20.8 Å². The van der Waals surface area contributed by atoms with Crippen molar-refractivity contribution in [1.82, 2.24) is 0 Å². The van der Waals surface area contributed by atoms with Crippen molar-refractivity contribution in [3.8, 4) is 17.2 Å². The fourth-order valence-electron chi connectivity index (χ4n) is 3.36. The van der Waals surface area contributed by atoms with Crippen molar-refractivity contribution in [2.75, 3.05) is 0 Å². The molecule has 0 spiro atoms. The molecule has 38 heavy (non-hydrogen) atoms. The van der Waals surface area contributed by atoms with Crippen LogP contribution in [0.25, 0.3) is 0 Å². The molecule has 0 fully saturated rings. The Morgan fingerprint density at radius 1 is 0.579 bits per heavy atom. The third kappa shape index (κ3) is 11.5. The second kappa shape index (κ2) is 17.1. The first-order valence-corrected chi connectivity index (χ1v) is 11.8. The molecule has 3 aromatic carbocycles.